The summed E-state index contributed by atoms with van der Waals surface area (Å²) in [4.78, 5) is 26.8. The first-order chi connectivity index (χ1) is 16.7. The van der Waals surface area contributed by atoms with E-state index in [-0.39, 0.29) is 17.7 Å². The minimum absolute atomic E-state index is 0.0611. The molecular weight excluding hydrogens is 444 g/mol. The minimum atomic E-state index is -1.09. The summed E-state index contributed by atoms with van der Waals surface area (Å²) < 4.78 is 13.5. The van der Waals surface area contributed by atoms with Gasteiger partial charge in [-0.2, -0.15) is 0 Å². The average molecular weight is 472 g/mol. The van der Waals surface area contributed by atoms with E-state index >= 15 is 0 Å². The van der Waals surface area contributed by atoms with Gasteiger partial charge in [-0.15, -0.1) is 0 Å². The molecular formula is C28H27N2O5+. The topological polar surface area (TPSA) is 83.0 Å². The van der Waals surface area contributed by atoms with Crippen LogP contribution in [0.25, 0.3) is 33.4 Å². The summed E-state index contributed by atoms with van der Waals surface area (Å²) in [5.74, 6) is -1.05. The van der Waals surface area contributed by atoms with E-state index in [2.05, 4.69) is 6.58 Å². The second-order valence-corrected chi connectivity index (χ2v) is 8.58. The Labute approximate surface area is 203 Å². The SMILES string of the molecule is C=CCOC(=O)c1ccc(C(=O)O)c(-c2c3ccc(=[N+](C)C)cc-3oc3cc(N(C)C)ccc23)c1. The van der Waals surface area contributed by atoms with Crippen LogP contribution in [0.5, 0.6) is 0 Å². The van der Waals surface area contributed by atoms with Gasteiger partial charge in [0.1, 0.15) is 32.0 Å². The van der Waals surface area contributed by atoms with Crippen LogP contribution < -0.4 is 14.8 Å². The summed E-state index contributed by atoms with van der Waals surface area (Å²) in [6.07, 6.45) is 1.48. The second kappa shape index (κ2) is 9.46. The third kappa shape index (κ3) is 4.53. The molecule has 1 heterocycles. The summed E-state index contributed by atoms with van der Waals surface area (Å²) in [5.41, 5.74) is 3.69. The Morgan fingerprint density at radius 1 is 1.06 bits per heavy atom. The molecule has 0 amide bonds. The standard InChI is InChI=1S/C28H26N2O5/c1-6-13-34-28(33)17-7-10-20(27(31)32)23(14-17)26-21-11-8-18(29(2)3)15-24(21)35-25-16-19(30(4)5)9-12-22(25)26/h6-12,14-16H,1,13H2,2-5H3/p+1. The van der Waals surface area contributed by atoms with E-state index in [9.17, 15) is 14.7 Å². The van der Waals surface area contributed by atoms with Crippen molar-refractivity contribution in [3.05, 3.63) is 83.7 Å². The van der Waals surface area contributed by atoms with Gasteiger partial charge in [0.05, 0.1) is 17.2 Å². The van der Waals surface area contributed by atoms with Crippen LogP contribution in [-0.4, -0.2) is 51.8 Å². The maximum absolute atomic E-state index is 12.6. The molecule has 2 aliphatic rings. The summed E-state index contributed by atoms with van der Waals surface area (Å²) in [7, 11) is 7.75. The molecule has 0 spiro atoms. The van der Waals surface area contributed by atoms with Crippen molar-refractivity contribution in [1.29, 1.82) is 0 Å². The van der Waals surface area contributed by atoms with Crippen molar-refractivity contribution in [1.82, 2.24) is 4.58 Å². The van der Waals surface area contributed by atoms with Crippen molar-refractivity contribution in [3.63, 3.8) is 0 Å². The number of esters is 1. The summed E-state index contributed by atoms with van der Waals surface area (Å²) in [5, 5.41) is 11.7. The number of rotatable bonds is 6. The van der Waals surface area contributed by atoms with Crippen molar-refractivity contribution in [2.24, 2.45) is 0 Å². The molecule has 2 aromatic carbocycles. The molecule has 0 aromatic heterocycles. The number of hydrogen-bond acceptors (Lipinski definition) is 5. The molecule has 1 aliphatic heterocycles. The molecule has 0 unspecified atom stereocenters. The van der Waals surface area contributed by atoms with Gasteiger partial charge in [0, 0.05) is 48.4 Å². The van der Waals surface area contributed by atoms with E-state index in [1.807, 2.05) is 74.1 Å². The third-order valence-electron chi connectivity index (χ3n) is 5.81. The lowest BCUT2D eigenvalue weighted by molar-refractivity contribution is 0.0548. The average Bonchev–Trinajstić information content (AvgIpc) is 2.84. The number of fused-ring (bicyclic) bond motifs is 2. The van der Waals surface area contributed by atoms with Gasteiger partial charge >= 0.3 is 11.9 Å². The molecule has 0 atom stereocenters. The molecule has 0 saturated heterocycles. The highest BCUT2D eigenvalue weighted by molar-refractivity contribution is 6.09. The number of aromatic carboxylic acids is 1. The highest BCUT2D eigenvalue weighted by Gasteiger charge is 2.24. The maximum Gasteiger partial charge on any atom is 0.338 e. The number of anilines is 1. The van der Waals surface area contributed by atoms with Crippen LogP contribution in [0.15, 0.2) is 71.7 Å². The van der Waals surface area contributed by atoms with Gasteiger partial charge in [-0.05, 0) is 42.0 Å². The maximum atomic E-state index is 12.6. The summed E-state index contributed by atoms with van der Waals surface area (Å²) in [6.45, 7) is 3.62. The number of ether oxygens (including phenoxy) is 1. The Balaban J connectivity index is 2.12. The number of carboxylic acids is 1. The van der Waals surface area contributed by atoms with Crippen LogP contribution in [0.2, 0.25) is 0 Å². The van der Waals surface area contributed by atoms with Crippen LogP contribution in [0, 0.1) is 0 Å². The fraction of sp³-hybridized carbons (Fsp3) is 0.179. The number of benzene rings is 3. The first kappa shape index (κ1) is 23.8. The Morgan fingerprint density at radius 3 is 2.49 bits per heavy atom. The number of carbonyl (C=O) groups excluding carboxylic acids is 1. The smallest absolute Gasteiger partial charge is 0.338 e. The molecule has 178 valence electrons. The number of nitrogens with zero attached hydrogens (tertiary/aromatic N) is 2. The van der Waals surface area contributed by atoms with Crippen LogP contribution in [0.4, 0.5) is 5.69 Å². The number of carbonyl (C=O) groups is 2. The van der Waals surface area contributed by atoms with E-state index in [0.29, 0.717) is 22.5 Å². The second-order valence-electron chi connectivity index (χ2n) is 8.58. The Bertz CT molecular complexity index is 1510. The highest BCUT2D eigenvalue weighted by Crippen LogP contribution is 2.42. The fourth-order valence-electron chi connectivity index (χ4n) is 4.00. The van der Waals surface area contributed by atoms with Crippen molar-refractivity contribution in [3.8, 4) is 22.5 Å². The zero-order valence-electron chi connectivity index (χ0n) is 20.2. The predicted molar refractivity (Wildman–Crippen MR) is 137 cm³/mol. The van der Waals surface area contributed by atoms with E-state index in [1.165, 1.54) is 18.2 Å². The van der Waals surface area contributed by atoms with Crippen LogP contribution in [0.1, 0.15) is 20.7 Å². The molecule has 0 bridgehead atoms. The Hall–Kier alpha value is -4.39. The van der Waals surface area contributed by atoms with E-state index in [1.54, 1.807) is 6.07 Å². The summed E-state index contributed by atoms with van der Waals surface area (Å²) >= 11 is 0. The molecule has 0 fully saturated rings. The first-order valence-corrected chi connectivity index (χ1v) is 11.0. The quantitative estimate of drug-likeness (QED) is 0.195. The zero-order valence-corrected chi connectivity index (χ0v) is 20.2. The van der Waals surface area contributed by atoms with Crippen molar-refractivity contribution in [2.75, 3.05) is 39.7 Å². The lowest BCUT2D eigenvalue weighted by atomic mass is 9.89. The molecule has 0 saturated carbocycles. The van der Waals surface area contributed by atoms with Crippen LogP contribution in [0.3, 0.4) is 0 Å². The predicted octanol–water partition coefficient (Wildman–Crippen LogP) is 4.34. The molecule has 7 heteroatoms. The molecule has 35 heavy (non-hydrogen) atoms. The van der Waals surface area contributed by atoms with Gasteiger partial charge in [0.25, 0.3) is 0 Å². The summed E-state index contributed by atoms with van der Waals surface area (Å²) in [6, 6.07) is 16.0. The molecule has 2 aromatic rings. The van der Waals surface area contributed by atoms with Crippen molar-refractivity contribution >= 4 is 28.6 Å². The van der Waals surface area contributed by atoms with E-state index in [4.69, 9.17) is 9.15 Å². The van der Waals surface area contributed by atoms with Gasteiger partial charge in [-0.25, -0.2) is 14.2 Å². The largest absolute Gasteiger partial charge is 0.478 e. The number of hydrogen-bond donors (Lipinski definition) is 1. The van der Waals surface area contributed by atoms with Crippen LogP contribution >= 0.6 is 0 Å². The normalized spacial score (nSPS) is 10.9. The Kier molecular flexibility index (Phi) is 6.42. The van der Waals surface area contributed by atoms with Crippen LogP contribution in [-0.2, 0) is 4.74 Å². The Morgan fingerprint density at radius 2 is 1.83 bits per heavy atom. The monoisotopic (exact) mass is 471 g/mol. The van der Waals surface area contributed by atoms with Gasteiger partial charge in [0.2, 0.25) is 5.36 Å². The minimum Gasteiger partial charge on any atom is -0.478 e. The van der Waals surface area contributed by atoms with Gasteiger partial charge < -0.3 is 19.2 Å². The lowest BCUT2D eigenvalue weighted by Gasteiger charge is -2.19. The van der Waals surface area contributed by atoms with Gasteiger partial charge in [-0.1, -0.05) is 12.7 Å². The molecule has 7 nitrogen and oxygen atoms in total. The third-order valence-corrected chi connectivity index (χ3v) is 5.81. The fourth-order valence-corrected chi connectivity index (χ4v) is 4.00. The highest BCUT2D eigenvalue weighted by atomic mass is 16.5. The lowest BCUT2D eigenvalue weighted by Crippen LogP contribution is -2.21. The van der Waals surface area contributed by atoms with Gasteiger partial charge in [-0.3, -0.25) is 0 Å². The molecule has 0 radical (unpaired) electrons. The number of carboxylic acid groups (broad SMARTS) is 1. The van der Waals surface area contributed by atoms with E-state index in [0.717, 1.165) is 22.0 Å². The zero-order chi connectivity index (χ0) is 25.3. The first-order valence-electron chi connectivity index (χ1n) is 11.0. The van der Waals surface area contributed by atoms with Crippen molar-refractivity contribution < 1.29 is 23.8 Å². The van der Waals surface area contributed by atoms with Crippen molar-refractivity contribution in [2.45, 2.75) is 0 Å². The molecule has 1 aliphatic carbocycles. The van der Waals surface area contributed by atoms with Gasteiger partial charge in [0.15, 0.2) is 0 Å². The molecule has 1 N–H and O–H groups in total. The van der Waals surface area contributed by atoms with E-state index < -0.39 is 11.9 Å². The molecule has 4 rings (SSSR count).